The maximum absolute atomic E-state index is 14.1. The molecule has 0 aliphatic heterocycles. The van der Waals surface area contributed by atoms with Crippen LogP contribution in [0.5, 0.6) is 5.75 Å². The molecule has 1 N–H and O–H groups in total. The molecule has 0 aliphatic rings. The molecule has 0 aromatic heterocycles. The van der Waals surface area contributed by atoms with E-state index >= 15 is 0 Å². The Morgan fingerprint density at radius 3 is 2.33 bits per heavy atom. The van der Waals surface area contributed by atoms with Crippen molar-refractivity contribution in [2.24, 2.45) is 0 Å². The van der Waals surface area contributed by atoms with Gasteiger partial charge in [0.05, 0.1) is 17.7 Å². The maximum Gasteiger partial charge on any atom is 0.264 e. The van der Waals surface area contributed by atoms with Crippen molar-refractivity contribution < 1.29 is 22.7 Å². The maximum atomic E-state index is 14.1. The molecule has 1 atom stereocenters. The number of halogens is 2. The van der Waals surface area contributed by atoms with Gasteiger partial charge in [0.1, 0.15) is 18.3 Å². The topological polar surface area (TPSA) is 96.0 Å². The summed E-state index contributed by atoms with van der Waals surface area (Å²) in [6, 6.07) is 18.3. The number of sulfonamides is 1. The highest BCUT2D eigenvalue weighted by Gasteiger charge is 2.34. The molecule has 0 fully saturated rings. The second-order valence-electron chi connectivity index (χ2n) is 9.00. The summed E-state index contributed by atoms with van der Waals surface area (Å²) < 4.78 is 34.0. The molecule has 2 amide bonds. The fourth-order valence-electron chi connectivity index (χ4n) is 4.13. The third kappa shape index (κ3) is 7.68. The zero-order valence-corrected chi connectivity index (χ0v) is 25.0. The Balaban J connectivity index is 2.08. The van der Waals surface area contributed by atoms with Gasteiger partial charge in [-0.1, -0.05) is 67.4 Å². The van der Waals surface area contributed by atoms with Crippen molar-refractivity contribution in [2.45, 2.75) is 44.2 Å². The fourth-order valence-corrected chi connectivity index (χ4v) is 6.03. The molecule has 40 heavy (non-hydrogen) atoms. The molecule has 0 saturated heterocycles. The van der Waals surface area contributed by atoms with Crippen molar-refractivity contribution >= 4 is 50.7 Å². The van der Waals surface area contributed by atoms with Crippen molar-refractivity contribution in [3.63, 3.8) is 0 Å². The van der Waals surface area contributed by atoms with Gasteiger partial charge in [-0.05, 0) is 54.8 Å². The summed E-state index contributed by atoms with van der Waals surface area (Å²) in [5.41, 5.74) is 0.810. The summed E-state index contributed by atoms with van der Waals surface area (Å²) in [5, 5.41) is 3.61. The van der Waals surface area contributed by atoms with Crippen LogP contribution in [0.2, 0.25) is 10.0 Å². The quantitative estimate of drug-likeness (QED) is 0.276. The number of anilines is 1. The second-order valence-corrected chi connectivity index (χ2v) is 11.7. The van der Waals surface area contributed by atoms with Gasteiger partial charge in [0, 0.05) is 29.2 Å². The van der Waals surface area contributed by atoms with Crippen molar-refractivity contribution in [3.8, 4) is 5.75 Å². The molecule has 0 heterocycles. The lowest BCUT2D eigenvalue weighted by atomic mass is 10.1. The van der Waals surface area contributed by atoms with Crippen LogP contribution in [0.3, 0.4) is 0 Å². The highest BCUT2D eigenvalue weighted by molar-refractivity contribution is 7.92. The van der Waals surface area contributed by atoms with E-state index in [0.717, 1.165) is 10.7 Å². The van der Waals surface area contributed by atoms with Gasteiger partial charge < -0.3 is 15.0 Å². The van der Waals surface area contributed by atoms with Crippen LogP contribution in [0.25, 0.3) is 0 Å². The van der Waals surface area contributed by atoms with E-state index < -0.39 is 28.5 Å². The third-order valence-corrected chi connectivity index (χ3v) is 8.62. The predicted octanol–water partition coefficient (Wildman–Crippen LogP) is 5.53. The Kier molecular flexibility index (Phi) is 11.2. The van der Waals surface area contributed by atoms with Crippen LogP contribution in [-0.4, -0.2) is 51.4 Å². The van der Waals surface area contributed by atoms with Crippen molar-refractivity contribution in [3.05, 3.63) is 88.4 Å². The van der Waals surface area contributed by atoms with Crippen LogP contribution < -0.4 is 14.4 Å². The minimum absolute atomic E-state index is 0.0191. The van der Waals surface area contributed by atoms with Gasteiger partial charge in [-0.15, -0.1) is 0 Å². The van der Waals surface area contributed by atoms with Crippen LogP contribution >= 0.6 is 23.2 Å². The Morgan fingerprint density at radius 2 is 1.70 bits per heavy atom. The summed E-state index contributed by atoms with van der Waals surface area (Å²) in [4.78, 5) is 28.6. The molecule has 0 aliphatic carbocycles. The van der Waals surface area contributed by atoms with Gasteiger partial charge in [0.25, 0.3) is 10.0 Å². The summed E-state index contributed by atoms with van der Waals surface area (Å²) in [6.45, 7) is 3.58. The summed E-state index contributed by atoms with van der Waals surface area (Å²) in [5.74, 6) is -0.484. The predicted molar refractivity (Wildman–Crippen MR) is 158 cm³/mol. The van der Waals surface area contributed by atoms with Crippen molar-refractivity contribution in [1.29, 1.82) is 0 Å². The molecule has 0 radical (unpaired) electrons. The average Bonchev–Trinajstić information content (AvgIpc) is 2.96. The molecule has 11 heteroatoms. The normalized spacial score (nSPS) is 11.9. The Labute approximate surface area is 245 Å². The summed E-state index contributed by atoms with van der Waals surface area (Å²) in [6.07, 6.45) is 1.02. The van der Waals surface area contributed by atoms with E-state index in [4.69, 9.17) is 27.9 Å². The number of rotatable bonds is 13. The van der Waals surface area contributed by atoms with Crippen LogP contribution in [0.4, 0.5) is 5.69 Å². The number of ether oxygens (including phenoxy) is 1. The number of carbonyl (C=O) groups is 2. The highest BCUT2D eigenvalue weighted by Crippen LogP contribution is 2.28. The SMILES string of the molecule is CCCNC(=O)C(CC)N(Cc1ccc(Cl)cc1Cl)C(=O)CN(c1cccc(OC)c1)S(=O)(=O)c1ccccc1. The number of hydrogen-bond donors (Lipinski definition) is 1. The van der Waals surface area contributed by atoms with E-state index in [0.29, 0.717) is 34.3 Å². The monoisotopic (exact) mass is 605 g/mol. The van der Waals surface area contributed by atoms with E-state index in [9.17, 15) is 18.0 Å². The molecule has 8 nitrogen and oxygen atoms in total. The van der Waals surface area contributed by atoms with Gasteiger partial charge in [-0.25, -0.2) is 8.42 Å². The first kappa shape index (κ1) is 31.3. The summed E-state index contributed by atoms with van der Waals surface area (Å²) >= 11 is 12.5. The third-order valence-electron chi connectivity index (χ3n) is 6.24. The fraction of sp³-hybridized carbons (Fsp3) is 0.310. The minimum Gasteiger partial charge on any atom is -0.497 e. The first-order valence-electron chi connectivity index (χ1n) is 12.8. The second kappa shape index (κ2) is 14.4. The number of hydrogen-bond acceptors (Lipinski definition) is 5. The Bertz CT molecular complexity index is 1420. The number of nitrogens with one attached hydrogen (secondary N) is 1. The average molecular weight is 607 g/mol. The van der Waals surface area contributed by atoms with Crippen molar-refractivity contribution in [1.82, 2.24) is 10.2 Å². The van der Waals surface area contributed by atoms with Crippen LogP contribution in [-0.2, 0) is 26.2 Å². The number of benzene rings is 3. The lowest BCUT2D eigenvalue weighted by Crippen LogP contribution is -2.52. The van der Waals surface area contributed by atoms with Gasteiger partial charge in [0.15, 0.2) is 0 Å². The first-order chi connectivity index (χ1) is 19.1. The van der Waals surface area contributed by atoms with Gasteiger partial charge in [0.2, 0.25) is 11.8 Å². The molecule has 214 valence electrons. The molecule has 3 aromatic rings. The van der Waals surface area contributed by atoms with Gasteiger partial charge in [-0.2, -0.15) is 0 Å². The highest BCUT2D eigenvalue weighted by atomic mass is 35.5. The number of nitrogens with zero attached hydrogens (tertiary/aromatic N) is 2. The lowest BCUT2D eigenvalue weighted by Gasteiger charge is -2.33. The molecule has 0 bridgehead atoms. The van der Waals surface area contributed by atoms with E-state index in [2.05, 4.69) is 5.32 Å². The Morgan fingerprint density at radius 1 is 0.975 bits per heavy atom. The zero-order valence-electron chi connectivity index (χ0n) is 22.6. The molecular formula is C29H33Cl2N3O5S. The van der Waals surface area contributed by atoms with E-state index in [1.54, 1.807) is 67.6 Å². The molecule has 0 spiro atoms. The van der Waals surface area contributed by atoms with Crippen molar-refractivity contribution in [2.75, 3.05) is 24.5 Å². The standard InChI is InChI=1S/C29H33Cl2N3O5S/c1-4-16-32-29(36)27(5-2)33(19-21-14-15-22(30)17-26(21)31)28(35)20-34(23-10-9-11-24(18-23)39-3)40(37,38)25-12-7-6-8-13-25/h6-15,17-18,27H,4-5,16,19-20H2,1-3H3,(H,32,36). The largest absolute Gasteiger partial charge is 0.497 e. The molecule has 3 aromatic carbocycles. The minimum atomic E-state index is -4.17. The van der Waals surface area contributed by atoms with E-state index in [-0.39, 0.29) is 23.0 Å². The van der Waals surface area contributed by atoms with E-state index in [1.165, 1.54) is 24.1 Å². The van der Waals surface area contributed by atoms with E-state index in [1.807, 2.05) is 6.92 Å². The molecule has 3 rings (SSSR count). The zero-order chi connectivity index (χ0) is 29.3. The number of carbonyl (C=O) groups excluding carboxylic acids is 2. The van der Waals surface area contributed by atoms with Gasteiger partial charge in [-0.3, -0.25) is 13.9 Å². The van der Waals surface area contributed by atoms with Crippen LogP contribution in [0.15, 0.2) is 77.7 Å². The van der Waals surface area contributed by atoms with Crippen LogP contribution in [0.1, 0.15) is 32.3 Å². The lowest BCUT2D eigenvalue weighted by molar-refractivity contribution is -0.140. The first-order valence-corrected chi connectivity index (χ1v) is 15.0. The summed E-state index contributed by atoms with van der Waals surface area (Å²) in [7, 11) is -2.70. The number of amides is 2. The Hall–Kier alpha value is -3.27. The molecular weight excluding hydrogens is 573 g/mol. The van der Waals surface area contributed by atoms with Crippen LogP contribution in [0, 0.1) is 0 Å². The number of methoxy groups -OCH3 is 1. The smallest absolute Gasteiger partial charge is 0.264 e. The molecule has 0 saturated carbocycles. The van der Waals surface area contributed by atoms with Gasteiger partial charge >= 0.3 is 0 Å². The molecule has 1 unspecified atom stereocenters.